The van der Waals surface area contributed by atoms with Crippen LogP contribution in [0.25, 0.3) is 16.1 Å². The summed E-state index contributed by atoms with van der Waals surface area (Å²) in [7, 11) is 0. The van der Waals surface area contributed by atoms with Crippen LogP contribution < -0.4 is 0 Å². The first-order valence-electron chi connectivity index (χ1n) is 12.1. The lowest BCUT2D eigenvalue weighted by Crippen LogP contribution is -2.23. The zero-order valence-corrected chi connectivity index (χ0v) is 22.1. The number of carbonyl (C=O) groups is 2. The van der Waals surface area contributed by atoms with E-state index in [1.165, 1.54) is 6.92 Å². The monoisotopic (exact) mass is 513 g/mol. The number of benzene rings is 1. The third-order valence-corrected chi connectivity index (χ3v) is 8.16. The highest BCUT2D eigenvalue weighted by molar-refractivity contribution is 7.15. The number of nitrogens with zero attached hydrogens (tertiary/aromatic N) is 5. The molecule has 1 unspecified atom stereocenters. The molecule has 2 atom stereocenters. The zero-order chi connectivity index (χ0) is 26.4. The number of hydrogen-bond donors (Lipinski definition) is 1. The summed E-state index contributed by atoms with van der Waals surface area (Å²) in [6, 6.07) is 9.08. The molecule has 0 spiro atoms. The van der Waals surface area contributed by atoms with Crippen LogP contribution in [0.3, 0.4) is 0 Å². The summed E-state index contributed by atoms with van der Waals surface area (Å²) in [5.41, 5.74) is 6.03. The van der Waals surface area contributed by atoms with Gasteiger partial charge >= 0.3 is 5.97 Å². The summed E-state index contributed by atoms with van der Waals surface area (Å²) in [6.07, 6.45) is 3.71. The first-order valence-corrected chi connectivity index (χ1v) is 12.9. The van der Waals surface area contributed by atoms with E-state index in [4.69, 9.17) is 4.99 Å². The second-order valence-electron chi connectivity index (χ2n) is 9.28. The van der Waals surface area contributed by atoms with Crippen LogP contribution in [0.5, 0.6) is 0 Å². The first-order chi connectivity index (χ1) is 17.7. The third kappa shape index (κ3) is 4.19. The van der Waals surface area contributed by atoms with Crippen molar-refractivity contribution in [3.63, 3.8) is 0 Å². The van der Waals surface area contributed by atoms with Crippen molar-refractivity contribution in [1.29, 1.82) is 0 Å². The number of carboxylic acids is 1. The molecule has 1 N–H and O–H groups in total. The van der Waals surface area contributed by atoms with Crippen LogP contribution >= 0.6 is 11.3 Å². The second-order valence-corrected chi connectivity index (χ2v) is 10.5. The zero-order valence-electron chi connectivity index (χ0n) is 21.3. The van der Waals surface area contributed by atoms with Gasteiger partial charge in [-0.15, -0.1) is 21.5 Å². The number of carboxylic acid groups (broad SMARTS) is 1. The largest absolute Gasteiger partial charge is 0.481 e. The van der Waals surface area contributed by atoms with Crippen LogP contribution in [-0.2, 0) is 4.79 Å². The Kier molecular flexibility index (Phi) is 6.33. The minimum Gasteiger partial charge on any atom is -0.481 e. The van der Waals surface area contributed by atoms with E-state index < -0.39 is 17.9 Å². The maximum Gasteiger partial charge on any atom is 0.309 e. The standard InChI is InChI=1S/C28H27N5O3S/c1-6-22(28(35)36)25-26-32-31-17(5)33(26)27-23(14(2)16(4)37-27)24(30-25)19-9-7-18(8-10-19)21-11-20(15(3)34)12-29-13-21/h7-13,22,25H,6H2,1-5H3,(H,35,36)/t22?,25-/m0/s1. The van der Waals surface area contributed by atoms with Crippen molar-refractivity contribution < 1.29 is 14.7 Å². The minimum atomic E-state index is -0.908. The Bertz CT molecular complexity index is 1570. The van der Waals surface area contributed by atoms with Gasteiger partial charge in [-0.25, -0.2) is 0 Å². The number of aliphatic imine (C=N–C) groups is 1. The van der Waals surface area contributed by atoms with Crippen molar-refractivity contribution in [2.24, 2.45) is 10.9 Å². The number of fused-ring (bicyclic) bond motifs is 3. The topological polar surface area (TPSA) is 110 Å². The van der Waals surface area contributed by atoms with Gasteiger partial charge in [-0.2, -0.15) is 0 Å². The molecule has 1 aliphatic heterocycles. The predicted octanol–water partition coefficient (Wildman–Crippen LogP) is 5.52. The number of thiophene rings is 1. The molecule has 0 fully saturated rings. The van der Waals surface area contributed by atoms with E-state index in [2.05, 4.69) is 29.0 Å². The van der Waals surface area contributed by atoms with Gasteiger partial charge in [-0.3, -0.25) is 24.1 Å². The minimum absolute atomic E-state index is 0.0353. The van der Waals surface area contributed by atoms with Crippen LogP contribution in [0.1, 0.15) is 69.9 Å². The number of carbonyl (C=O) groups excluding carboxylic acids is 1. The number of ketones is 1. The second kappa shape index (κ2) is 9.48. The molecule has 0 saturated heterocycles. The van der Waals surface area contributed by atoms with Crippen molar-refractivity contribution in [3.8, 4) is 16.1 Å². The molecule has 0 saturated carbocycles. The van der Waals surface area contributed by atoms with Crippen LogP contribution in [0.15, 0.2) is 47.7 Å². The number of rotatable bonds is 6. The maximum atomic E-state index is 12.3. The highest BCUT2D eigenvalue weighted by Gasteiger charge is 2.37. The Morgan fingerprint density at radius 3 is 2.41 bits per heavy atom. The number of aromatic nitrogens is 4. The molecule has 0 aliphatic carbocycles. The smallest absolute Gasteiger partial charge is 0.309 e. The lowest BCUT2D eigenvalue weighted by atomic mass is 9.95. The van der Waals surface area contributed by atoms with Crippen molar-refractivity contribution in [1.82, 2.24) is 19.7 Å². The summed E-state index contributed by atoms with van der Waals surface area (Å²) in [4.78, 5) is 34.6. The van der Waals surface area contributed by atoms with Gasteiger partial charge in [0.2, 0.25) is 0 Å². The van der Waals surface area contributed by atoms with Crippen molar-refractivity contribution in [3.05, 3.63) is 81.5 Å². The van der Waals surface area contributed by atoms with Crippen molar-refractivity contribution >= 4 is 28.8 Å². The first kappa shape index (κ1) is 24.7. The number of aryl methyl sites for hydroxylation is 2. The number of hydrogen-bond acceptors (Lipinski definition) is 7. The van der Waals surface area contributed by atoms with Gasteiger partial charge < -0.3 is 5.11 Å². The molecule has 3 aromatic heterocycles. The van der Waals surface area contributed by atoms with Crippen molar-refractivity contribution in [2.75, 3.05) is 0 Å². The molecule has 188 valence electrons. The number of aliphatic carboxylic acids is 1. The van der Waals surface area contributed by atoms with Gasteiger partial charge in [-0.1, -0.05) is 31.2 Å². The highest BCUT2D eigenvalue weighted by atomic mass is 32.1. The Labute approximate surface area is 218 Å². The molecule has 1 aromatic carbocycles. The lowest BCUT2D eigenvalue weighted by Gasteiger charge is -2.19. The molecule has 8 nitrogen and oxygen atoms in total. The molecule has 0 radical (unpaired) electrons. The molecular formula is C28H27N5O3S. The molecular weight excluding hydrogens is 486 g/mol. The number of Topliss-reactive ketones (excluding diaryl/α,β-unsaturated/α-hetero) is 1. The summed E-state index contributed by atoms with van der Waals surface area (Å²) < 4.78 is 1.97. The Balaban J connectivity index is 1.69. The molecule has 37 heavy (non-hydrogen) atoms. The van der Waals surface area contributed by atoms with Crippen LogP contribution in [-0.4, -0.2) is 42.3 Å². The van der Waals surface area contributed by atoms with E-state index in [1.807, 2.05) is 48.7 Å². The fraction of sp³-hybridized carbons (Fsp3) is 0.286. The Morgan fingerprint density at radius 2 is 1.76 bits per heavy atom. The van der Waals surface area contributed by atoms with Gasteiger partial charge in [0.15, 0.2) is 11.6 Å². The summed E-state index contributed by atoms with van der Waals surface area (Å²) in [5.74, 6) is -0.436. The van der Waals surface area contributed by atoms with Gasteiger partial charge in [0.05, 0.1) is 11.6 Å². The molecule has 4 heterocycles. The quantitative estimate of drug-likeness (QED) is 0.340. The summed E-state index contributed by atoms with van der Waals surface area (Å²) >= 11 is 1.64. The average molecular weight is 514 g/mol. The lowest BCUT2D eigenvalue weighted by molar-refractivity contribution is -0.142. The van der Waals surface area contributed by atoms with Crippen molar-refractivity contribution in [2.45, 2.75) is 47.1 Å². The molecule has 9 heteroatoms. The fourth-order valence-corrected chi connectivity index (χ4v) is 5.97. The van der Waals surface area contributed by atoms with Gasteiger partial charge in [0, 0.05) is 39.5 Å². The fourth-order valence-electron chi connectivity index (χ4n) is 4.76. The summed E-state index contributed by atoms with van der Waals surface area (Å²) in [6.45, 7) is 9.41. The third-order valence-electron chi connectivity index (χ3n) is 6.96. The van der Waals surface area contributed by atoms with E-state index in [-0.39, 0.29) is 5.78 Å². The van der Waals surface area contributed by atoms with Crippen LogP contribution in [0.4, 0.5) is 0 Å². The van der Waals surface area contributed by atoms with Crippen LogP contribution in [0, 0.1) is 26.7 Å². The average Bonchev–Trinajstić information content (AvgIpc) is 3.35. The molecule has 1 aliphatic rings. The van der Waals surface area contributed by atoms with E-state index >= 15 is 0 Å². The van der Waals surface area contributed by atoms with E-state index in [9.17, 15) is 14.7 Å². The molecule has 4 aromatic rings. The van der Waals surface area contributed by atoms with Gasteiger partial charge in [0.1, 0.15) is 16.9 Å². The molecule has 0 amide bonds. The normalized spacial score (nSPS) is 15.4. The maximum absolute atomic E-state index is 12.3. The number of pyridine rings is 1. The van der Waals surface area contributed by atoms with E-state index in [0.29, 0.717) is 23.6 Å². The van der Waals surface area contributed by atoms with E-state index in [1.54, 1.807) is 23.7 Å². The molecule has 0 bridgehead atoms. The van der Waals surface area contributed by atoms with Crippen LogP contribution in [0.2, 0.25) is 0 Å². The SMILES string of the molecule is CCC(C(=O)O)[C@@H]1N=C(c2ccc(-c3cncc(C(C)=O)c3)cc2)c2c(sc(C)c2C)-n2c(C)nnc21. The van der Waals surface area contributed by atoms with E-state index in [0.717, 1.165) is 43.4 Å². The van der Waals surface area contributed by atoms with Gasteiger partial charge in [0.25, 0.3) is 0 Å². The summed E-state index contributed by atoms with van der Waals surface area (Å²) in [5, 5.41) is 19.7. The molecule has 5 rings (SSSR count). The van der Waals surface area contributed by atoms with Gasteiger partial charge in [-0.05, 0) is 51.3 Å². The Morgan fingerprint density at radius 1 is 1.05 bits per heavy atom. The predicted molar refractivity (Wildman–Crippen MR) is 143 cm³/mol. The highest BCUT2D eigenvalue weighted by Crippen LogP contribution is 2.41. The Hall–Kier alpha value is -3.98.